The van der Waals surface area contributed by atoms with Gasteiger partial charge in [-0.3, -0.25) is 9.59 Å². The number of piperidine rings is 1. The summed E-state index contributed by atoms with van der Waals surface area (Å²) in [6, 6.07) is 15.0. The van der Waals surface area contributed by atoms with Gasteiger partial charge in [0.15, 0.2) is 12.1 Å². The summed E-state index contributed by atoms with van der Waals surface area (Å²) in [5.41, 5.74) is 3.28. The summed E-state index contributed by atoms with van der Waals surface area (Å²) in [7, 11) is 0. The zero-order valence-corrected chi connectivity index (χ0v) is 21.9. The zero-order chi connectivity index (χ0) is 27.2. The van der Waals surface area contributed by atoms with Crippen LogP contribution in [0.25, 0.3) is 0 Å². The smallest absolute Gasteiger partial charge is 0.303 e. The fourth-order valence-electron chi connectivity index (χ4n) is 5.35. The molecule has 210 valence electrons. The number of carboxylic acid groups (broad SMARTS) is 1. The van der Waals surface area contributed by atoms with E-state index in [1.165, 1.54) is 0 Å². The Kier molecular flexibility index (Phi) is 8.91. The molecule has 3 heterocycles. The predicted molar refractivity (Wildman–Crippen MR) is 141 cm³/mol. The largest absolute Gasteiger partial charge is 0.481 e. The number of rotatable bonds is 9. The van der Waals surface area contributed by atoms with Gasteiger partial charge in [-0.2, -0.15) is 0 Å². The molecule has 5 rings (SSSR count). The second-order valence-electron chi connectivity index (χ2n) is 10.3. The third-order valence-corrected chi connectivity index (χ3v) is 7.54. The molecule has 3 aliphatic heterocycles. The Bertz CT molecular complexity index is 1110. The molecule has 3 saturated heterocycles. The van der Waals surface area contributed by atoms with Gasteiger partial charge in [-0.25, -0.2) is 0 Å². The molecule has 2 aromatic carbocycles. The lowest BCUT2D eigenvalue weighted by molar-refractivity contribution is -0.255. The number of likely N-dealkylation sites (tertiary alicyclic amines) is 1. The minimum absolute atomic E-state index is 0.0107. The summed E-state index contributed by atoms with van der Waals surface area (Å²) in [4.78, 5) is 25.1. The molecule has 0 aliphatic carbocycles. The number of anilines is 1. The Hall–Kier alpha value is -2.86. The number of ether oxygens (including phenoxy) is 4. The molecule has 10 nitrogen and oxygen atoms in total. The molecule has 3 fully saturated rings. The van der Waals surface area contributed by atoms with Crippen LogP contribution in [0.2, 0.25) is 0 Å². The van der Waals surface area contributed by atoms with Crippen LogP contribution >= 0.6 is 0 Å². The molecular formula is C29H36N2O8. The van der Waals surface area contributed by atoms with Crippen LogP contribution in [0, 0.1) is 0 Å². The summed E-state index contributed by atoms with van der Waals surface area (Å²) >= 11 is 0. The van der Waals surface area contributed by atoms with Crippen molar-refractivity contribution in [1.29, 1.82) is 0 Å². The van der Waals surface area contributed by atoms with Gasteiger partial charge in [0.1, 0.15) is 0 Å². The van der Waals surface area contributed by atoms with E-state index in [0.29, 0.717) is 25.3 Å². The van der Waals surface area contributed by atoms with Crippen LogP contribution in [-0.2, 0) is 35.1 Å². The van der Waals surface area contributed by atoms with Crippen molar-refractivity contribution >= 4 is 17.6 Å². The first-order chi connectivity index (χ1) is 18.9. The molecule has 0 radical (unpaired) electrons. The van der Waals surface area contributed by atoms with Crippen molar-refractivity contribution < 1.29 is 38.7 Å². The average Bonchev–Trinajstić information content (AvgIpc) is 3.41. The number of nitrogens with one attached hydrogen (secondary N) is 1. The third kappa shape index (κ3) is 7.21. The van der Waals surface area contributed by atoms with Gasteiger partial charge in [0.25, 0.3) is 0 Å². The minimum atomic E-state index is -1.01. The van der Waals surface area contributed by atoms with Gasteiger partial charge in [0, 0.05) is 56.6 Å². The molecule has 0 bridgehead atoms. The Morgan fingerprint density at radius 3 is 2.23 bits per heavy atom. The quantitative estimate of drug-likeness (QED) is 0.439. The third-order valence-electron chi connectivity index (χ3n) is 7.54. The monoisotopic (exact) mass is 540 g/mol. The van der Waals surface area contributed by atoms with E-state index < -0.39 is 18.0 Å². The molecule has 0 saturated carbocycles. The number of carboxylic acids is 1. The standard InChI is InChI=1S/C29H36N2O8/c32-19-20-1-3-21(4-2-20)25-17-24(18-31-13-11-29(12-14-31)36-15-16-37-29)38-28(39-25)22-5-7-23(8-6-22)30-26(33)9-10-27(34)35/h1-8,24-25,28,32H,9-19H2,(H,30,33)(H,34,35). The zero-order valence-electron chi connectivity index (χ0n) is 21.9. The minimum Gasteiger partial charge on any atom is -0.481 e. The Labute approximate surface area is 227 Å². The number of nitrogens with zero attached hydrogens (tertiary/aromatic N) is 1. The summed E-state index contributed by atoms with van der Waals surface area (Å²) in [6.45, 7) is 3.82. The molecule has 39 heavy (non-hydrogen) atoms. The first-order valence-electron chi connectivity index (χ1n) is 13.5. The van der Waals surface area contributed by atoms with Crippen LogP contribution in [0.15, 0.2) is 48.5 Å². The number of carbonyl (C=O) groups is 2. The molecule has 1 spiro atoms. The number of hydrogen-bond acceptors (Lipinski definition) is 8. The molecule has 10 heteroatoms. The molecule has 2 aromatic rings. The van der Waals surface area contributed by atoms with E-state index in [1.807, 2.05) is 36.4 Å². The van der Waals surface area contributed by atoms with E-state index in [0.717, 1.165) is 49.2 Å². The summed E-state index contributed by atoms with van der Waals surface area (Å²) in [6.07, 6.45) is 1.22. The Morgan fingerprint density at radius 2 is 1.59 bits per heavy atom. The summed E-state index contributed by atoms with van der Waals surface area (Å²) in [5.74, 6) is -1.78. The normalized spacial score (nSPS) is 25.0. The van der Waals surface area contributed by atoms with E-state index in [9.17, 15) is 14.7 Å². The molecule has 1 amide bonds. The summed E-state index contributed by atoms with van der Waals surface area (Å²) < 4.78 is 24.6. The fourth-order valence-corrected chi connectivity index (χ4v) is 5.35. The Balaban J connectivity index is 1.26. The first-order valence-corrected chi connectivity index (χ1v) is 13.5. The van der Waals surface area contributed by atoms with Gasteiger partial charge < -0.3 is 39.4 Å². The molecule has 3 unspecified atom stereocenters. The van der Waals surface area contributed by atoms with Crippen LogP contribution in [0.3, 0.4) is 0 Å². The second kappa shape index (κ2) is 12.5. The number of benzene rings is 2. The van der Waals surface area contributed by atoms with E-state index in [1.54, 1.807) is 12.1 Å². The summed E-state index contributed by atoms with van der Waals surface area (Å²) in [5, 5.41) is 20.9. The average molecular weight is 541 g/mol. The van der Waals surface area contributed by atoms with Crippen LogP contribution in [0.4, 0.5) is 5.69 Å². The van der Waals surface area contributed by atoms with Crippen molar-refractivity contribution in [1.82, 2.24) is 4.90 Å². The lowest BCUT2D eigenvalue weighted by atomic mass is 9.98. The van der Waals surface area contributed by atoms with Crippen molar-refractivity contribution in [2.45, 2.75) is 63.0 Å². The van der Waals surface area contributed by atoms with Crippen molar-refractivity contribution in [3.63, 3.8) is 0 Å². The van der Waals surface area contributed by atoms with E-state index >= 15 is 0 Å². The van der Waals surface area contributed by atoms with Gasteiger partial charge in [0.2, 0.25) is 5.91 Å². The highest BCUT2D eigenvalue weighted by Gasteiger charge is 2.41. The maximum absolute atomic E-state index is 12.0. The highest BCUT2D eigenvalue weighted by Crippen LogP contribution is 2.39. The highest BCUT2D eigenvalue weighted by molar-refractivity contribution is 5.92. The Morgan fingerprint density at radius 1 is 0.923 bits per heavy atom. The molecule has 0 aromatic heterocycles. The maximum Gasteiger partial charge on any atom is 0.303 e. The second-order valence-corrected chi connectivity index (χ2v) is 10.3. The van der Waals surface area contributed by atoms with Crippen molar-refractivity contribution in [2.24, 2.45) is 0 Å². The first kappa shape index (κ1) is 27.7. The highest BCUT2D eigenvalue weighted by atomic mass is 16.7. The molecule has 3 aliphatic rings. The van der Waals surface area contributed by atoms with Crippen LogP contribution in [0.5, 0.6) is 0 Å². The van der Waals surface area contributed by atoms with Gasteiger partial charge >= 0.3 is 5.97 Å². The predicted octanol–water partition coefficient (Wildman–Crippen LogP) is 3.37. The number of aliphatic hydroxyl groups excluding tert-OH is 1. The number of amides is 1. The SMILES string of the molecule is O=C(O)CCC(=O)Nc1ccc(C2OC(CN3CCC4(CC3)OCCO4)CC(c3ccc(CO)cc3)O2)cc1. The molecule has 3 N–H and O–H groups in total. The number of carbonyl (C=O) groups excluding carboxylic acids is 1. The molecule has 3 atom stereocenters. The van der Waals surface area contributed by atoms with Crippen LogP contribution in [-0.4, -0.2) is 71.7 Å². The fraction of sp³-hybridized carbons (Fsp3) is 0.517. The van der Waals surface area contributed by atoms with Gasteiger partial charge in [-0.15, -0.1) is 0 Å². The molecular weight excluding hydrogens is 504 g/mol. The lowest BCUT2D eigenvalue weighted by Crippen LogP contribution is -2.48. The van der Waals surface area contributed by atoms with Gasteiger partial charge in [-0.05, 0) is 23.3 Å². The van der Waals surface area contributed by atoms with Gasteiger partial charge in [-0.1, -0.05) is 36.4 Å². The van der Waals surface area contributed by atoms with Crippen molar-refractivity contribution in [2.75, 3.05) is 38.2 Å². The number of aliphatic carboxylic acids is 1. The van der Waals surface area contributed by atoms with Gasteiger partial charge in [0.05, 0.1) is 38.4 Å². The number of hydrogen-bond donors (Lipinski definition) is 3. The van der Waals surface area contributed by atoms with E-state index in [4.69, 9.17) is 24.1 Å². The van der Waals surface area contributed by atoms with Crippen molar-refractivity contribution in [3.05, 3.63) is 65.2 Å². The van der Waals surface area contributed by atoms with E-state index in [2.05, 4.69) is 10.2 Å². The maximum atomic E-state index is 12.0. The topological polar surface area (TPSA) is 127 Å². The van der Waals surface area contributed by atoms with Crippen molar-refractivity contribution in [3.8, 4) is 0 Å². The van der Waals surface area contributed by atoms with Crippen LogP contribution in [0.1, 0.15) is 61.2 Å². The van der Waals surface area contributed by atoms with Crippen LogP contribution < -0.4 is 5.32 Å². The number of aliphatic hydroxyl groups is 1. The van der Waals surface area contributed by atoms with E-state index in [-0.39, 0.29) is 37.6 Å². The lowest BCUT2D eigenvalue weighted by Gasteiger charge is -2.41.